The molecule has 1 saturated heterocycles. The maximum atomic E-state index is 12.0. The number of fused-ring (bicyclic) bond motifs is 1. The molecule has 2 heterocycles. The monoisotopic (exact) mass is 291 g/mol. The van der Waals surface area contributed by atoms with Gasteiger partial charge in [0.25, 0.3) is 0 Å². The predicted molar refractivity (Wildman–Crippen MR) is 76.9 cm³/mol. The summed E-state index contributed by atoms with van der Waals surface area (Å²) in [4.78, 5) is 28.7. The summed E-state index contributed by atoms with van der Waals surface area (Å²) in [5, 5.41) is 9.50. The van der Waals surface area contributed by atoms with Gasteiger partial charge in [-0.2, -0.15) is 0 Å². The van der Waals surface area contributed by atoms with E-state index in [9.17, 15) is 9.59 Å². The van der Waals surface area contributed by atoms with Crippen LogP contribution in [-0.2, 0) is 9.59 Å². The van der Waals surface area contributed by atoms with Crippen LogP contribution >= 0.6 is 11.3 Å². The SMILES string of the molecule is Cc1cc(N2CC(C(=O)O)CC2=O)cc2sc(N)nc12. The smallest absolute Gasteiger partial charge is 0.308 e. The number of thiazole rings is 1. The fraction of sp³-hybridized carbons (Fsp3) is 0.308. The third-order valence-corrected chi connectivity index (χ3v) is 4.30. The van der Waals surface area contributed by atoms with Crippen molar-refractivity contribution in [2.45, 2.75) is 13.3 Å². The number of amides is 1. The van der Waals surface area contributed by atoms with Gasteiger partial charge in [0.05, 0.1) is 16.1 Å². The number of hydrogen-bond acceptors (Lipinski definition) is 5. The van der Waals surface area contributed by atoms with Gasteiger partial charge in [0, 0.05) is 18.7 Å². The van der Waals surface area contributed by atoms with E-state index in [1.165, 1.54) is 16.2 Å². The Hall–Kier alpha value is -2.15. The molecule has 0 radical (unpaired) electrons. The normalized spacial score (nSPS) is 18.9. The molecule has 0 spiro atoms. The van der Waals surface area contributed by atoms with Gasteiger partial charge in [-0.25, -0.2) is 4.98 Å². The van der Waals surface area contributed by atoms with Crippen molar-refractivity contribution in [2.24, 2.45) is 5.92 Å². The molecule has 6 nitrogen and oxygen atoms in total. The van der Waals surface area contributed by atoms with Crippen LogP contribution in [0.25, 0.3) is 10.2 Å². The molecule has 1 aliphatic heterocycles. The molecule has 0 saturated carbocycles. The number of carboxylic acid groups (broad SMARTS) is 1. The molecule has 104 valence electrons. The van der Waals surface area contributed by atoms with Crippen molar-refractivity contribution in [1.82, 2.24) is 4.98 Å². The van der Waals surface area contributed by atoms with Gasteiger partial charge in [0.2, 0.25) is 5.91 Å². The van der Waals surface area contributed by atoms with Crippen molar-refractivity contribution in [3.63, 3.8) is 0 Å². The molecule has 3 N–H and O–H groups in total. The van der Waals surface area contributed by atoms with Crippen LogP contribution in [-0.4, -0.2) is 28.5 Å². The zero-order valence-electron chi connectivity index (χ0n) is 10.8. The fourth-order valence-corrected chi connectivity index (χ4v) is 3.32. The third kappa shape index (κ3) is 2.00. The molecule has 1 unspecified atom stereocenters. The number of anilines is 2. The first-order chi connectivity index (χ1) is 9.45. The number of carbonyl (C=O) groups is 2. The number of nitrogen functional groups attached to an aromatic ring is 1. The van der Waals surface area contributed by atoms with Gasteiger partial charge in [-0.05, 0) is 24.6 Å². The number of hydrogen-bond donors (Lipinski definition) is 2. The van der Waals surface area contributed by atoms with Crippen LogP contribution in [0.4, 0.5) is 10.8 Å². The number of carbonyl (C=O) groups excluding carboxylic acids is 1. The number of aromatic nitrogens is 1. The van der Waals surface area contributed by atoms with Crippen molar-refractivity contribution < 1.29 is 14.7 Å². The van der Waals surface area contributed by atoms with Crippen LogP contribution in [0.3, 0.4) is 0 Å². The molecule has 0 aliphatic carbocycles. The average molecular weight is 291 g/mol. The summed E-state index contributed by atoms with van der Waals surface area (Å²) in [5.74, 6) is -1.72. The van der Waals surface area contributed by atoms with Crippen molar-refractivity contribution in [3.05, 3.63) is 17.7 Å². The van der Waals surface area contributed by atoms with E-state index in [1.807, 2.05) is 19.1 Å². The lowest BCUT2D eigenvalue weighted by Crippen LogP contribution is -2.25. The van der Waals surface area contributed by atoms with Crippen molar-refractivity contribution in [3.8, 4) is 0 Å². The molecule has 2 aromatic rings. The van der Waals surface area contributed by atoms with Crippen LogP contribution in [0.1, 0.15) is 12.0 Å². The number of carboxylic acids is 1. The first-order valence-corrected chi connectivity index (χ1v) is 6.97. The molecular weight excluding hydrogens is 278 g/mol. The maximum Gasteiger partial charge on any atom is 0.308 e. The lowest BCUT2D eigenvalue weighted by atomic mass is 10.1. The minimum Gasteiger partial charge on any atom is -0.481 e. The van der Waals surface area contributed by atoms with Gasteiger partial charge in [0.1, 0.15) is 0 Å². The molecule has 1 aliphatic rings. The Morgan fingerprint density at radius 2 is 2.30 bits per heavy atom. The number of aliphatic carboxylic acids is 1. The summed E-state index contributed by atoms with van der Waals surface area (Å²) in [6.07, 6.45) is 0.0528. The highest BCUT2D eigenvalue weighted by molar-refractivity contribution is 7.22. The molecule has 3 rings (SSSR count). The van der Waals surface area contributed by atoms with Gasteiger partial charge in [-0.3, -0.25) is 9.59 Å². The first kappa shape index (κ1) is 12.9. The Bertz CT molecular complexity index is 725. The average Bonchev–Trinajstić information content (AvgIpc) is 2.92. The van der Waals surface area contributed by atoms with E-state index < -0.39 is 11.9 Å². The van der Waals surface area contributed by atoms with Gasteiger partial charge in [0.15, 0.2) is 5.13 Å². The van der Waals surface area contributed by atoms with Crippen molar-refractivity contribution in [1.29, 1.82) is 0 Å². The predicted octanol–water partition coefficient (Wildman–Crippen LogP) is 1.62. The first-order valence-electron chi connectivity index (χ1n) is 6.15. The van der Waals surface area contributed by atoms with Crippen LogP contribution in [0.2, 0.25) is 0 Å². The number of nitrogens with zero attached hydrogens (tertiary/aromatic N) is 2. The molecular formula is C13H13N3O3S. The topological polar surface area (TPSA) is 96.5 Å². The number of rotatable bonds is 2. The molecule has 20 heavy (non-hydrogen) atoms. The second-order valence-electron chi connectivity index (χ2n) is 4.91. The van der Waals surface area contributed by atoms with E-state index in [4.69, 9.17) is 10.8 Å². The van der Waals surface area contributed by atoms with E-state index in [-0.39, 0.29) is 18.9 Å². The summed E-state index contributed by atoms with van der Waals surface area (Å²) in [6.45, 7) is 2.12. The second-order valence-corrected chi connectivity index (χ2v) is 5.97. The Kier molecular flexibility index (Phi) is 2.86. The number of nitrogens with two attached hydrogens (primary N) is 1. The van der Waals surface area contributed by atoms with Crippen LogP contribution in [0.5, 0.6) is 0 Å². The van der Waals surface area contributed by atoms with E-state index in [2.05, 4.69) is 4.98 Å². The van der Waals surface area contributed by atoms with Crippen LogP contribution in [0, 0.1) is 12.8 Å². The van der Waals surface area contributed by atoms with E-state index >= 15 is 0 Å². The van der Waals surface area contributed by atoms with Crippen LogP contribution in [0.15, 0.2) is 12.1 Å². The minimum atomic E-state index is -0.930. The van der Waals surface area contributed by atoms with Gasteiger partial charge in [-0.15, -0.1) is 0 Å². The highest BCUT2D eigenvalue weighted by atomic mass is 32.1. The molecule has 1 atom stereocenters. The summed E-state index contributed by atoms with van der Waals surface area (Å²) in [7, 11) is 0. The minimum absolute atomic E-state index is 0.0528. The zero-order valence-corrected chi connectivity index (χ0v) is 11.6. The standard InChI is InChI=1S/C13H13N3O3S/c1-6-2-8(4-9-11(6)15-13(14)20-9)16-5-7(12(18)19)3-10(16)17/h2,4,7H,3,5H2,1H3,(H2,14,15)(H,18,19). The third-order valence-electron chi connectivity index (χ3n) is 3.47. The molecule has 0 bridgehead atoms. The molecule has 7 heteroatoms. The van der Waals surface area contributed by atoms with Crippen LogP contribution < -0.4 is 10.6 Å². The Labute approximate surface area is 118 Å². The Balaban J connectivity index is 2.02. The van der Waals surface area contributed by atoms with Gasteiger partial charge < -0.3 is 15.7 Å². The molecule has 1 amide bonds. The van der Waals surface area contributed by atoms with E-state index in [1.54, 1.807) is 0 Å². The maximum absolute atomic E-state index is 12.0. The highest BCUT2D eigenvalue weighted by Crippen LogP contribution is 2.33. The number of benzene rings is 1. The highest BCUT2D eigenvalue weighted by Gasteiger charge is 2.35. The van der Waals surface area contributed by atoms with Gasteiger partial charge >= 0.3 is 5.97 Å². The lowest BCUT2D eigenvalue weighted by molar-refractivity contribution is -0.141. The lowest BCUT2D eigenvalue weighted by Gasteiger charge is -2.16. The number of aryl methyl sites for hydroxylation is 1. The van der Waals surface area contributed by atoms with E-state index in [0.717, 1.165) is 15.8 Å². The largest absolute Gasteiger partial charge is 0.481 e. The van der Waals surface area contributed by atoms with Crippen molar-refractivity contribution >= 4 is 44.2 Å². The molecule has 1 aromatic carbocycles. The summed E-state index contributed by atoms with van der Waals surface area (Å²) in [6, 6.07) is 3.70. The second kappa shape index (κ2) is 4.45. The van der Waals surface area contributed by atoms with E-state index in [0.29, 0.717) is 10.8 Å². The fourth-order valence-electron chi connectivity index (χ4n) is 2.47. The summed E-state index contributed by atoms with van der Waals surface area (Å²) in [5.41, 5.74) is 8.18. The Morgan fingerprint density at radius 1 is 1.55 bits per heavy atom. The molecule has 1 fully saturated rings. The zero-order chi connectivity index (χ0) is 14.4. The van der Waals surface area contributed by atoms with Gasteiger partial charge in [-0.1, -0.05) is 11.3 Å². The summed E-state index contributed by atoms with van der Waals surface area (Å²) >= 11 is 1.36. The summed E-state index contributed by atoms with van der Waals surface area (Å²) < 4.78 is 0.907. The molecule has 1 aromatic heterocycles. The van der Waals surface area contributed by atoms with Crippen molar-refractivity contribution in [2.75, 3.05) is 17.2 Å². The Morgan fingerprint density at radius 3 is 2.95 bits per heavy atom. The quantitative estimate of drug-likeness (QED) is 0.876.